The Morgan fingerprint density at radius 3 is 2.05 bits per heavy atom. The van der Waals surface area contributed by atoms with E-state index in [1.807, 2.05) is 0 Å². The number of piperidine rings is 1. The van der Waals surface area contributed by atoms with E-state index in [2.05, 4.69) is 0 Å². The average Bonchev–Trinajstić information content (AvgIpc) is 2.40. The SMILES string of the molecule is CCN(CC)C(=O)N1CCC(O)(C(F)(F)C(=O)O)CC1. The third kappa shape index (κ3) is 2.84. The lowest BCUT2D eigenvalue weighted by molar-refractivity contribution is -0.217. The Balaban J connectivity index is 2.73. The number of amides is 2. The largest absolute Gasteiger partial charge is 0.477 e. The maximum atomic E-state index is 13.5. The van der Waals surface area contributed by atoms with E-state index in [0.717, 1.165) is 0 Å². The molecule has 0 atom stereocenters. The lowest BCUT2D eigenvalue weighted by atomic mass is 9.85. The van der Waals surface area contributed by atoms with Gasteiger partial charge in [0, 0.05) is 39.0 Å². The van der Waals surface area contributed by atoms with Gasteiger partial charge in [-0.3, -0.25) is 0 Å². The van der Waals surface area contributed by atoms with Gasteiger partial charge in [-0.25, -0.2) is 9.59 Å². The molecule has 1 saturated heterocycles. The molecule has 0 bridgehead atoms. The number of carbonyl (C=O) groups is 2. The molecule has 1 fully saturated rings. The van der Waals surface area contributed by atoms with Crippen molar-refractivity contribution in [3.05, 3.63) is 0 Å². The molecule has 0 aliphatic carbocycles. The minimum absolute atomic E-state index is 0.0886. The van der Waals surface area contributed by atoms with Crippen LogP contribution in [0.15, 0.2) is 0 Å². The van der Waals surface area contributed by atoms with E-state index >= 15 is 0 Å². The number of carbonyl (C=O) groups excluding carboxylic acids is 1. The average molecular weight is 294 g/mol. The van der Waals surface area contributed by atoms with Crippen molar-refractivity contribution < 1.29 is 28.6 Å². The van der Waals surface area contributed by atoms with Crippen LogP contribution in [0.3, 0.4) is 0 Å². The van der Waals surface area contributed by atoms with Crippen molar-refractivity contribution in [1.82, 2.24) is 9.80 Å². The van der Waals surface area contributed by atoms with Gasteiger partial charge in [-0.1, -0.05) is 0 Å². The summed E-state index contributed by atoms with van der Waals surface area (Å²) in [6.45, 7) is 4.44. The normalized spacial score (nSPS) is 18.8. The Hall–Kier alpha value is -1.44. The Morgan fingerprint density at radius 1 is 1.25 bits per heavy atom. The van der Waals surface area contributed by atoms with E-state index in [9.17, 15) is 23.5 Å². The molecular weight excluding hydrogens is 274 g/mol. The fourth-order valence-electron chi connectivity index (χ4n) is 2.28. The molecule has 116 valence electrons. The van der Waals surface area contributed by atoms with Crippen LogP contribution in [0, 0.1) is 0 Å². The van der Waals surface area contributed by atoms with E-state index in [-0.39, 0.29) is 19.1 Å². The molecule has 2 N–H and O–H groups in total. The molecule has 2 amide bonds. The van der Waals surface area contributed by atoms with Gasteiger partial charge in [0.15, 0.2) is 0 Å². The number of hydrogen-bond donors (Lipinski definition) is 2. The molecule has 6 nitrogen and oxygen atoms in total. The van der Waals surface area contributed by atoms with Crippen molar-refractivity contribution >= 4 is 12.0 Å². The molecule has 1 aliphatic heterocycles. The first-order chi connectivity index (χ1) is 9.19. The smallest absolute Gasteiger partial charge is 0.377 e. The fourth-order valence-corrected chi connectivity index (χ4v) is 2.28. The predicted molar refractivity (Wildman–Crippen MR) is 66.7 cm³/mol. The monoisotopic (exact) mass is 294 g/mol. The van der Waals surface area contributed by atoms with E-state index < -0.39 is 30.3 Å². The maximum Gasteiger partial charge on any atom is 0.377 e. The Bertz CT molecular complexity index is 378. The number of nitrogens with zero attached hydrogens (tertiary/aromatic N) is 2. The first kappa shape index (κ1) is 16.6. The molecule has 1 aliphatic rings. The Labute approximate surface area is 116 Å². The summed E-state index contributed by atoms with van der Waals surface area (Å²) in [6.07, 6.45) is -0.918. The van der Waals surface area contributed by atoms with Crippen LogP contribution in [0.2, 0.25) is 0 Å². The summed E-state index contributed by atoms with van der Waals surface area (Å²) in [6, 6.07) is -0.282. The minimum Gasteiger partial charge on any atom is -0.477 e. The zero-order valence-electron chi connectivity index (χ0n) is 11.6. The van der Waals surface area contributed by atoms with Gasteiger partial charge in [0.25, 0.3) is 0 Å². The predicted octanol–water partition coefficient (Wildman–Crippen LogP) is 0.995. The molecule has 0 aromatic rings. The van der Waals surface area contributed by atoms with Crippen LogP contribution in [0.5, 0.6) is 0 Å². The molecule has 0 spiro atoms. The van der Waals surface area contributed by atoms with Crippen LogP contribution in [0.25, 0.3) is 0 Å². The van der Waals surface area contributed by atoms with Crippen molar-refractivity contribution in [1.29, 1.82) is 0 Å². The highest BCUT2D eigenvalue weighted by Crippen LogP contribution is 2.37. The van der Waals surface area contributed by atoms with Crippen molar-refractivity contribution in [2.45, 2.75) is 38.2 Å². The number of hydrogen-bond acceptors (Lipinski definition) is 3. The zero-order chi connectivity index (χ0) is 15.6. The fraction of sp³-hybridized carbons (Fsp3) is 0.833. The topological polar surface area (TPSA) is 81.1 Å². The van der Waals surface area contributed by atoms with Crippen molar-refractivity contribution in [3.8, 4) is 0 Å². The highest BCUT2D eigenvalue weighted by molar-refractivity contribution is 5.77. The molecule has 8 heteroatoms. The lowest BCUT2D eigenvalue weighted by Crippen LogP contribution is -2.60. The van der Waals surface area contributed by atoms with Crippen molar-refractivity contribution in [2.75, 3.05) is 26.2 Å². The first-order valence-corrected chi connectivity index (χ1v) is 6.57. The lowest BCUT2D eigenvalue weighted by Gasteiger charge is -2.41. The van der Waals surface area contributed by atoms with E-state index in [0.29, 0.717) is 13.1 Å². The number of halogens is 2. The molecule has 20 heavy (non-hydrogen) atoms. The summed E-state index contributed by atoms with van der Waals surface area (Å²) in [5.74, 6) is -6.55. The second-order valence-electron chi connectivity index (χ2n) is 4.85. The summed E-state index contributed by atoms with van der Waals surface area (Å²) in [5.41, 5.74) is -2.60. The summed E-state index contributed by atoms with van der Waals surface area (Å²) < 4.78 is 26.9. The summed E-state index contributed by atoms with van der Waals surface area (Å²) in [4.78, 5) is 25.5. The number of urea groups is 1. The van der Waals surface area contributed by atoms with Crippen LogP contribution in [-0.2, 0) is 4.79 Å². The highest BCUT2D eigenvalue weighted by Gasteiger charge is 2.59. The second-order valence-corrected chi connectivity index (χ2v) is 4.85. The number of likely N-dealkylation sites (tertiary alicyclic amines) is 1. The van der Waals surface area contributed by atoms with E-state index in [1.165, 1.54) is 4.90 Å². The van der Waals surface area contributed by atoms with Gasteiger partial charge >= 0.3 is 17.9 Å². The Kier molecular flexibility index (Phi) is 4.90. The molecule has 0 saturated carbocycles. The molecular formula is C12H20F2N2O4. The molecule has 0 aromatic heterocycles. The summed E-state index contributed by atoms with van der Waals surface area (Å²) in [7, 11) is 0. The van der Waals surface area contributed by atoms with E-state index in [4.69, 9.17) is 5.11 Å². The van der Waals surface area contributed by atoms with Crippen LogP contribution >= 0.6 is 0 Å². The molecule has 0 unspecified atom stereocenters. The number of aliphatic carboxylic acids is 1. The van der Waals surface area contributed by atoms with Gasteiger partial charge in [0.05, 0.1) is 0 Å². The van der Waals surface area contributed by atoms with Gasteiger partial charge in [-0.15, -0.1) is 0 Å². The van der Waals surface area contributed by atoms with Gasteiger partial charge in [-0.2, -0.15) is 8.78 Å². The minimum atomic E-state index is -4.21. The number of rotatable bonds is 4. The van der Waals surface area contributed by atoms with Crippen LogP contribution in [0.1, 0.15) is 26.7 Å². The van der Waals surface area contributed by atoms with Gasteiger partial charge in [0.2, 0.25) is 0 Å². The third-order valence-corrected chi connectivity index (χ3v) is 3.75. The highest BCUT2D eigenvalue weighted by atomic mass is 19.3. The van der Waals surface area contributed by atoms with Crippen LogP contribution < -0.4 is 0 Å². The number of alkyl halides is 2. The molecule has 1 heterocycles. The van der Waals surface area contributed by atoms with Crippen molar-refractivity contribution in [3.63, 3.8) is 0 Å². The Morgan fingerprint density at radius 2 is 1.70 bits per heavy atom. The standard InChI is InChI=1S/C12H20F2N2O4/c1-3-15(4-2)10(19)16-7-5-11(20,6-8-16)12(13,14)9(17)18/h20H,3-8H2,1-2H3,(H,17,18). The number of carboxylic acids is 1. The van der Waals surface area contributed by atoms with Gasteiger partial charge in [-0.05, 0) is 13.8 Å². The number of carboxylic acid groups (broad SMARTS) is 1. The first-order valence-electron chi connectivity index (χ1n) is 6.57. The zero-order valence-corrected chi connectivity index (χ0v) is 11.6. The molecule has 0 radical (unpaired) electrons. The maximum absolute atomic E-state index is 13.5. The van der Waals surface area contributed by atoms with Crippen molar-refractivity contribution in [2.24, 2.45) is 0 Å². The summed E-state index contributed by atoms with van der Waals surface area (Å²) >= 11 is 0. The van der Waals surface area contributed by atoms with E-state index in [1.54, 1.807) is 18.7 Å². The number of aliphatic hydroxyl groups is 1. The molecule has 1 rings (SSSR count). The quantitative estimate of drug-likeness (QED) is 0.810. The summed E-state index contributed by atoms with van der Waals surface area (Å²) in [5, 5.41) is 18.3. The van der Waals surface area contributed by atoms with Crippen LogP contribution in [-0.4, -0.2) is 69.7 Å². The van der Waals surface area contributed by atoms with Gasteiger partial charge < -0.3 is 20.0 Å². The second kappa shape index (κ2) is 5.90. The van der Waals surface area contributed by atoms with Crippen LogP contribution in [0.4, 0.5) is 13.6 Å². The molecule has 0 aromatic carbocycles. The van der Waals surface area contributed by atoms with Gasteiger partial charge in [0.1, 0.15) is 5.60 Å². The third-order valence-electron chi connectivity index (χ3n) is 3.75.